The molecular weight excluding hydrogens is 218 g/mol. The first-order chi connectivity index (χ1) is 8.11. The summed E-state index contributed by atoms with van der Waals surface area (Å²) >= 11 is 0. The summed E-state index contributed by atoms with van der Waals surface area (Å²) in [6.45, 7) is 4.05. The van der Waals surface area contributed by atoms with Crippen LogP contribution in [0.1, 0.15) is 41.0 Å². The molecule has 0 spiro atoms. The maximum absolute atomic E-state index is 11.8. The molecule has 0 fully saturated rings. The van der Waals surface area contributed by atoms with Crippen molar-refractivity contribution >= 4 is 17.4 Å². The Morgan fingerprint density at radius 2 is 2.29 bits per heavy atom. The standard InChI is InChI=1S/C13H15NO3/c1-3-17-13(16)9-4-5-11-10(7-9)12(15)6-8(2)14-11/h4-5,7-8,14H,3,6H2,1-2H3. The van der Waals surface area contributed by atoms with Gasteiger partial charge in [-0.3, -0.25) is 4.79 Å². The van der Waals surface area contributed by atoms with Gasteiger partial charge in [0, 0.05) is 23.7 Å². The van der Waals surface area contributed by atoms with Crippen molar-refractivity contribution in [1.29, 1.82) is 0 Å². The molecule has 0 saturated heterocycles. The maximum Gasteiger partial charge on any atom is 0.338 e. The van der Waals surface area contributed by atoms with E-state index in [1.807, 2.05) is 6.92 Å². The number of Topliss-reactive ketones (excluding diaryl/α,β-unsaturated/α-hetero) is 1. The van der Waals surface area contributed by atoms with Crippen LogP contribution in [0.15, 0.2) is 18.2 Å². The summed E-state index contributed by atoms with van der Waals surface area (Å²) in [4.78, 5) is 23.4. The quantitative estimate of drug-likeness (QED) is 0.796. The van der Waals surface area contributed by atoms with Crippen LogP contribution in [0.2, 0.25) is 0 Å². The largest absolute Gasteiger partial charge is 0.462 e. The predicted molar refractivity (Wildman–Crippen MR) is 64.4 cm³/mol. The van der Waals surface area contributed by atoms with Gasteiger partial charge in [-0.25, -0.2) is 4.79 Å². The minimum Gasteiger partial charge on any atom is -0.462 e. The van der Waals surface area contributed by atoms with Crippen LogP contribution < -0.4 is 5.32 Å². The van der Waals surface area contributed by atoms with Crippen molar-refractivity contribution in [3.05, 3.63) is 29.3 Å². The molecule has 0 radical (unpaired) electrons. The van der Waals surface area contributed by atoms with Crippen LogP contribution in [0.5, 0.6) is 0 Å². The third kappa shape index (κ3) is 2.30. The normalized spacial score (nSPS) is 18.2. The molecule has 0 aliphatic carbocycles. The summed E-state index contributed by atoms with van der Waals surface area (Å²) in [5.41, 5.74) is 1.80. The van der Waals surface area contributed by atoms with Crippen molar-refractivity contribution in [1.82, 2.24) is 0 Å². The molecule has 1 N–H and O–H groups in total. The zero-order valence-corrected chi connectivity index (χ0v) is 9.95. The predicted octanol–water partition coefficient (Wildman–Crippen LogP) is 2.25. The molecule has 2 rings (SSSR count). The van der Waals surface area contributed by atoms with Gasteiger partial charge in [-0.15, -0.1) is 0 Å². The highest BCUT2D eigenvalue weighted by atomic mass is 16.5. The van der Waals surface area contributed by atoms with Crippen molar-refractivity contribution in [3.63, 3.8) is 0 Å². The fraction of sp³-hybridized carbons (Fsp3) is 0.385. The van der Waals surface area contributed by atoms with Gasteiger partial charge in [-0.1, -0.05) is 0 Å². The molecule has 1 aromatic carbocycles. The van der Waals surface area contributed by atoms with Crippen molar-refractivity contribution in [2.24, 2.45) is 0 Å². The second kappa shape index (κ2) is 4.57. The number of benzene rings is 1. The first-order valence-electron chi connectivity index (χ1n) is 5.72. The highest BCUT2D eigenvalue weighted by molar-refractivity contribution is 6.05. The molecule has 1 aliphatic rings. The number of rotatable bonds is 2. The van der Waals surface area contributed by atoms with Crippen molar-refractivity contribution in [2.75, 3.05) is 11.9 Å². The Labute approximate surface area is 100.0 Å². The fourth-order valence-electron chi connectivity index (χ4n) is 1.95. The summed E-state index contributed by atoms with van der Waals surface area (Å²) in [5, 5.41) is 3.22. The highest BCUT2D eigenvalue weighted by Crippen LogP contribution is 2.25. The van der Waals surface area contributed by atoms with Gasteiger partial charge in [0.05, 0.1) is 12.2 Å². The number of fused-ring (bicyclic) bond motifs is 1. The van der Waals surface area contributed by atoms with Crippen LogP contribution in [0.3, 0.4) is 0 Å². The molecular formula is C13H15NO3. The number of nitrogens with one attached hydrogen (secondary N) is 1. The minimum atomic E-state index is -0.387. The second-order valence-electron chi connectivity index (χ2n) is 4.15. The van der Waals surface area contributed by atoms with Crippen LogP contribution in [0, 0.1) is 0 Å². The number of ether oxygens (including phenoxy) is 1. The summed E-state index contributed by atoms with van der Waals surface area (Å²) in [7, 11) is 0. The zero-order valence-electron chi connectivity index (χ0n) is 9.95. The lowest BCUT2D eigenvalue weighted by Gasteiger charge is -2.23. The molecule has 1 aromatic rings. The van der Waals surface area contributed by atoms with E-state index in [0.29, 0.717) is 24.2 Å². The van der Waals surface area contributed by atoms with Crippen LogP contribution in [0.4, 0.5) is 5.69 Å². The average Bonchev–Trinajstić information content (AvgIpc) is 2.28. The summed E-state index contributed by atoms with van der Waals surface area (Å²) < 4.78 is 4.90. The molecule has 17 heavy (non-hydrogen) atoms. The van der Waals surface area contributed by atoms with Gasteiger partial charge >= 0.3 is 5.97 Å². The summed E-state index contributed by atoms with van der Waals surface area (Å²) in [6.07, 6.45) is 0.458. The van der Waals surface area contributed by atoms with E-state index >= 15 is 0 Å². The lowest BCUT2D eigenvalue weighted by molar-refractivity contribution is 0.0526. The molecule has 0 bridgehead atoms. The van der Waals surface area contributed by atoms with Gasteiger partial charge in [0.25, 0.3) is 0 Å². The maximum atomic E-state index is 11.8. The van der Waals surface area contributed by atoms with Crippen molar-refractivity contribution < 1.29 is 14.3 Å². The van der Waals surface area contributed by atoms with E-state index in [2.05, 4.69) is 5.32 Å². The molecule has 0 aromatic heterocycles. The number of carbonyl (C=O) groups excluding carboxylic acids is 2. The topological polar surface area (TPSA) is 55.4 Å². The molecule has 1 atom stereocenters. The molecule has 4 heteroatoms. The number of ketones is 1. The number of hydrogen-bond donors (Lipinski definition) is 1. The van der Waals surface area contributed by atoms with E-state index < -0.39 is 0 Å². The Hall–Kier alpha value is -1.84. The monoisotopic (exact) mass is 233 g/mol. The van der Waals surface area contributed by atoms with Gasteiger partial charge < -0.3 is 10.1 Å². The number of carbonyl (C=O) groups is 2. The molecule has 1 aliphatic heterocycles. The smallest absolute Gasteiger partial charge is 0.338 e. The lowest BCUT2D eigenvalue weighted by atomic mass is 9.96. The Morgan fingerprint density at radius 3 is 3.00 bits per heavy atom. The second-order valence-corrected chi connectivity index (χ2v) is 4.15. The summed E-state index contributed by atoms with van der Waals surface area (Å²) in [6, 6.07) is 5.18. The van der Waals surface area contributed by atoms with Crippen LogP contribution in [-0.2, 0) is 4.74 Å². The van der Waals surface area contributed by atoms with Gasteiger partial charge in [-0.2, -0.15) is 0 Å². The van der Waals surface area contributed by atoms with Crippen LogP contribution >= 0.6 is 0 Å². The molecule has 1 unspecified atom stereocenters. The van der Waals surface area contributed by atoms with Crippen LogP contribution in [0.25, 0.3) is 0 Å². The van der Waals surface area contributed by atoms with Crippen molar-refractivity contribution in [3.8, 4) is 0 Å². The van der Waals surface area contributed by atoms with E-state index in [9.17, 15) is 9.59 Å². The van der Waals surface area contributed by atoms with Gasteiger partial charge in [0.2, 0.25) is 0 Å². The van der Waals surface area contributed by atoms with E-state index in [0.717, 1.165) is 5.69 Å². The molecule has 90 valence electrons. The van der Waals surface area contributed by atoms with E-state index in [1.54, 1.807) is 25.1 Å². The van der Waals surface area contributed by atoms with E-state index in [1.165, 1.54) is 0 Å². The minimum absolute atomic E-state index is 0.0670. The lowest BCUT2D eigenvalue weighted by Crippen LogP contribution is -2.26. The summed E-state index contributed by atoms with van der Waals surface area (Å²) in [5.74, 6) is -0.320. The highest BCUT2D eigenvalue weighted by Gasteiger charge is 2.22. The number of esters is 1. The molecule has 0 saturated carbocycles. The van der Waals surface area contributed by atoms with Gasteiger partial charge in [0.15, 0.2) is 5.78 Å². The van der Waals surface area contributed by atoms with E-state index in [-0.39, 0.29) is 17.8 Å². The Morgan fingerprint density at radius 1 is 1.53 bits per heavy atom. The average molecular weight is 233 g/mol. The first kappa shape index (κ1) is 11.6. The van der Waals surface area contributed by atoms with Crippen molar-refractivity contribution in [2.45, 2.75) is 26.3 Å². The molecule has 4 nitrogen and oxygen atoms in total. The molecule has 0 amide bonds. The number of hydrogen-bond acceptors (Lipinski definition) is 4. The number of anilines is 1. The fourth-order valence-corrected chi connectivity index (χ4v) is 1.95. The Kier molecular flexibility index (Phi) is 3.13. The Balaban J connectivity index is 2.34. The first-order valence-corrected chi connectivity index (χ1v) is 5.72. The van der Waals surface area contributed by atoms with Gasteiger partial charge in [0.1, 0.15) is 0 Å². The van der Waals surface area contributed by atoms with E-state index in [4.69, 9.17) is 4.74 Å². The Bertz CT molecular complexity index is 468. The van der Waals surface area contributed by atoms with Crippen LogP contribution in [-0.4, -0.2) is 24.4 Å². The molecule has 1 heterocycles. The third-order valence-corrected chi connectivity index (χ3v) is 2.72. The van der Waals surface area contributed by atoms with Gasteiger partial charge in [-0.05, 0) is 32.0 Å². The zero-order chi connectivity index (χ0) is 12.4. The SMILES string of the molecule is CCOC(=O)c1ccc2c(c1)C(=O)CC(C)N2. The third-order valence-electron chi connectivity index (χ3n) is 2.72.